The van der Waals surface area contributed by atoms with Crippen molar-refractivity contribution in [3.63, 3.8) is 0 Å². The highest BCUT2D eigenvalue weighted by molar-refractivity contribution is 5.92. The molecular weight excluding hydrogens is 326 g/mol. The maximum absolute atomic E-state index is 12.5. The summed E-state index contributed by atoms with van der Waals surface area (Å²) in [6, 6.07) is 4.39. The fourth-order valence-corrected chi connectivity index (χ4v) is 2.58. The summed E-state index contributed by atoms with van der Waals surface area (Å²) in [4.78, 5) is 35.1. The Kier molecular flexibility index (Phi) is 5.92. The van der Waals surface area contributed by atoms with Gasteiger partial charge in [-0.05, 0) is 24.5 Å². The van der Waals surface area contributed by atoms with Crippen LogP contribution in [0.15, 0.2) is 24.3 Å². The largest absolute Gasteiger partial charge is 0.340 e. The molecule has 0 spiro atoms. The van der Waals surface area contributed by atoms with Crippen LogP contribution in [0.25, 0.3) is 0 Å². The fraction of sp³-hybridized carbons (Fsp3) is 0.500. The van der Waals surface area contributed by atoms with E-state index in [9.17, 15) is 19.7 Å². The molecule has 0 radical (unpaired) electrons. The minimum absolute atomic E-state index is 0.0210. The van der Waals surface area contributed by atoms with E-state index in [2.05, 4.69) is 5.32 Å². The molecule has 0 saturated carbocycles. The van der Waals surface area contributed by atoms with E-state index in [0.717, 1.165) is 6.42 Å². The molecule has 1 heterocycles. The molecule has 2 atom stereocenters. The van der Waals surface area contributed by atoms with E-state index in [0.29, 0.717) is 25.2 Å². The van der Waals surface area contributed by atoms with E-state index in [-0.39, 0.29) is 17.5 Å². The molecule has 1 unspecified atom stereocenters. The van der Waals surface area contributed by atoms with Crippen LogP contribution in [0.5, 0.6) is 0 Å². The summed E-state index contributed by atoms with van der Waals surface area (Å²) < 4.78 is 0. The predicted octanol–water partition coefficient (Wildman–Crippen LogP) is 1.95. The number of nitrogens with zero attached hydrogens (tertiary/aromatic N) is 3. The summed E-state index contributed by atoms with van der Waals surface area (Å²) in [5, 5.41) is 16.0. The Labute approximate surface area is 145 Å². The Morgan fingerprint density at radius 3 is 2.44 bits per heavy atom. The zero-order chi connectivity index (χ0) is 18.6. The number of amides is 3. The van der Waals surface area contributed by atoms with E-state index in [1.807, 2.05) is 13.8 Å². The molecule has 9 heteroatoms. The number of rotatable bonds is 5. The van der Waals surface area contributed by atoms with Gasteiger partial charge in [-0.25, -0.2) is 14.8 Å². The van der Waals surface area contributed by atoms with Gasteiger partial charge in [-0.1, -0.05) is 20.3 Å². The minimum Gasteiger partial charge on any atom is -0.320 e. The van der Waals surface area contributed by atoms with Crippen LogP contribution in [0.1, 0.15) is 26.7 Å². The van der Waals surface area contributed by atoms with Gasteiger partial charge in [-0.15, -0.1) is 0 Å². The fourth-order valence-electron chi connectivity index (χ4n) is 2.58. The number of carbonyl (C=O) groups is 2. The zero-order valence-corrected chi connectivity index (χ0v) is 14.3. The molecular formula is C16H23N5O4. The van der Waals surface area contributed by atoms with Crippen LogP contribution in [0, 0.1) is 16.0 Å². The van der Waals surface area contributed by atoms with Crippen LogP contribution in [0.4, 0.5) is 16.2 Å². The number of nitro benzene ring substituents is 1. The Bertz CT molecular complexity index is 648. The van der Waals surface area contributed by atoms with Crippen molar-refractivity contribution in [2.75, 3.05) is 18.4 Å². The van der Waals surface area contributed by atoms with E-state index in [1.165, 1.54) is 34.3 Å². The molecule has 2 rings (SSSR count). The van der Waals surface area contributed by atoms with Gasteiger partial charge in [0.1, 0.15) is 0 Å². The molecule has 1 saturated heterocycles. The normalized spacial score (nSPS) is 16.4. The monoisotopic (exact) mass is 349 g/mol. The topological polar surface area (TPSA) is 122 Å². The summed E-state index contributed by atoms with van der Waals surface area (Å²) in [5.41, 5.74) is 6.36. The second-order valence-electron chi connectivity index (χ2n) is 6.08. The highest BCUT2D eigenvalue weighted by Gasteiger charge is 2.34. The number of nitro groups is 1. The Balaban J connectivity index is 2.04. The van der Waals surface area contributed by atoms with Crippen molar-refractivity contribution in [1.29, 1.82) is 0 Å². The second-order valence-corrected chi connectivity index (χ2v) is 6.08. The van der Waals surface area contributed by atoms with Gasteiger partial charge in [-0.2, -0.15) is 0 Å². The first-order chi connectivity index (χ1) is 11.8. The summed E-state index contributed by atoms with van der Waals surface area (Å²) in [6.45, 7) is 4.72. The summed E-state index contributed by atoms with van der Waals surface area (Å²) in [6.07, 6.45) is 1.45. The van der Waals surface area contributed by atoms with Crippen molar-refractivity contribution in [2.45, 2.75) is 32.7 Å². The van der Waals surface area contributed by atoms with E-state index < -0.39 is 17.0 Å². The molecule has 3 N–H and O–H groups in total. The highest BCUT2D eigenvalue weighted by atomic mass is 16.6. The van der Waals surface area contributed by atoms with Crippen molar-refractivity contribution in [2.24, 2.45) is 11.7 Å². The van der Waals surface area contributed by atoms with Crippen molar-refractivity contribution in [3.05, 3.63) is 34.4 Å². The lowest BCUT2D eigenvalue weighted by atomic mass is 9.99. The van der Waals surface area contributed by atoms with Crippen molar-refractivity contribution < 1.29 is 14.5 Å². The number of nitrogens with one attached hydrogen (secondary N) is 1. The van der Waals surface area contributed by atoms with Crippen LogP contribution in [0.2, 0.25) is 0 Å². The molecule has 25 heavy (non-hydrogen) atoms. The van der Waals surface area contributed by atoms with Crippen molar-refractivity contribution >= 4 is 23.3 Å². The average Bonchev–Trinajstić information content (AvgIpc) is 3.10. The first-order valence-electron chi connectivity index (χ1n) is 8.25. The van der Waals surface area contributed by atoms with Crippen molar-refractivity contribution in [3.8, 4) is 0 Å². The molecule has 1 aromatic carbocycles. The van der Waals surface area contributed by atoms with Gasteiger partial charge >= 0.3 is 6.03 Å². The Morgan fingerprint density at radius 2 is 1.88 bits per heavy atom. The van der Waals surface area contributed by atoms with Crippen LogP contribution in [-0.2, 0) is 4.79 Å². The third kappa shape index (κ3) is 4.24. The first-order valence-corrected chi connectivity index (χ1v) is 8.25. The number of non-ortho nitro benzene ring substituents is 1. The van der Waals surface area contributed by atoms with Crippen LogP contribution < -0.4 is 11.1 Å². The number of nitrogens with two attached hydrogens (primary N) is 1. The lowest BCUT2D eigenvalue weighted by molar-refractivity contribution is -0.384. The van der Waals surface area contributed by atoms with Gasteiger partial charge in [0.2, 0.25) is 0 Å². The SMILES string of the molecule is CCC(C)[C@H](N)C(=O)N1CCCN1C(=O)Nc1ccc([N+](=O)[O-])cc1. The maximum Gasteiger partial charge on any atom is 0.340 e. The molecule has 1 aromatic rings. The van der Waals surface area contributed by atoms with Crippen molar-refractivity contribution in [1.82, 2.24) is 10.0 Å². The second kappa shape index (κ2) is 7.93. The number of benzene rings is 1. The molecule has 1 aliphatic rings. The number of hydrogen-bond acceptors (Lipinski definition) is 5. The average molecular weight is 349 g/mol. The quantitative estimate of drug-likeness (QED) is 0.621. The van der Waals surface area contributed by atoms with Gasteiger partial charge in [0, 0.05) is 30.9 Å². The van der Waals surface area contributed by atoms with E-state index >= 15 is 0 Å². The molecule has 0 bridgehead atoms. The first kappa shape index (κ1) is 18.7. The molecule has 136 valence electrons. The smallest absolute Gasteiger partial charge is 0.320 e. The highest BCUT2D eigenvalue weighted by Crippen LogP contribution is 2.19. The summed E-state index contributed by atoms with van der Waals surface area (Å²) >= 11 is 0. The molecule has 9 nitrogen and oxygen atoms in total. The molecule has 0 aromatic heterocycles. The number of hydrogen-bond donors (Lipinski definition) is 2. The minimum atomic E-state index is -0.655. The number of carbonyl (C=O) groups excluding carboxylic acids is 2. The predicted molar refractivity (Wildman–Crippen MR) is 92.6 cm³/mol. The van der Waals surface area contributed by atoms with Gasteiger partial charge in [0.25, 0.3) is 11.6 Å². The molecule has 1 fully saturated rings. The van der Waals surface area contributed by atoms with Gasteiger partial charge < -0.3 is 11.1 Å². The number of urea groups is 1. The lowest BCUT2D eigenvalue weighted by Gasteiger charge is -2.31. The number of hydrazine groups is 1. The molecule has 0 aliphatic carbocycles. The van der Waals surface area contributed by atoms with Crippen LogP contribution in [-0.4, -0.2) is 46.0 Å². The van der Waals surface area contributed by atoms with E-state index in [4.69, 9.17) is 5.73 Å². The molecule has 1 aliphatic heterocycles. The van der Waals surface area contributed by atoms with E-state index in [1.54, 1.807) is 0 Å². The maximum atomic E-state index is 12.5. The standard InChI is InChI=1S/C16H23N5O4/c1-3-11(2)14(17)15(22)19-9-4-10-20(19)16(23)18-12-5-7-13(8-6-12)21(24)25/h5-8,11,14H,3-4,9-10,17H2,1-2H3,(H,18,23)/t11?,14-/m0/s1. The third-order valence-electron chi connectivity index (χ3n) is 4.39. The van der Waals surface area contributed by atoms with Gasteiger partial charge in [0.05, 0.1) is 11.0 Å². The summed E-state index contributed by atoms with van der Waals surface area (Å²) in [7, 11) is 0. The van der Waals surface area contributed by atoms with Gasteiger partial charge in [0.15, 0.2) is 0 Å². The Morgan fingerprint density at radius 1 is 1.28 bits per heavy atom. The lowest BCUT2D eigenvalue weighted by Crippen LogP contribution is -2.53. The molecule has 3 amide bonds. The van der Waals surface area contributed by atoms with Gasteiger partial charge in [-0.3, -0.25) is 14.9 Å². The zero-order valence-electron chi connectivity index (χ0n) is 14.3. The summed E-state index contributed by atoms with van der Waals surface area (Å²) in [5.74, 6) is -0.251. The third-order valence-corrected chi connectivity index (χ3v) is 4.39. The Hall–Kier alpha value is -2.68. The van der Waals surface area contributed by atoms with Crippen LogP contribution >= 0.6 is 0 Å². The van der Waals surface area contributed by atoms with Crippen LogP contribution in [0.3, 0.4) is 0 Å². The number of anilines is 1.